The zero-order valence-electron chi connectivity index (χ0n) is 9.39. The standard InChI is InChI=1S/C12H18O2/c1-9-5-7-11(8-6-9)12(3,4)14-10(2)13/h5,7H,6,8H2,1-4H3. The van der Waals surface area contributed by atoms with E-state index in [1.54, 1.807) is 0 Å². The monoisotopic (exact) mass is 194 g/mol. The number of rotatable bonds is 2. The molecule has 1 aliphatic carbocycles. The lowest BCUT2D eigenvalue weighted by Gasteiger charge is -2.29. The molecule has 0 saturated heterocycles. The average Bonchev–Trinajstić information content (AvgIpc) is 2.02. The van der Waals surface area contributed by atoms with Crippen molar-refractivity contribution in [2.75, 3.05) is 0 Å². The normalized spacial score (nSPS) is 17.1. The van der Waals surface area contributed by atoms with Crippen LogP contribution in [0.3, 0.4) is 0 Å². The zero-order chi connectivity index (χ0) is 10.8. The molecule has 0 aromatic carbocycles. The summed E-state index contributed by atoms with van der Waals surface area (Å²) in [6, 6.07) is 0. The van der Waals surface area contributed by atoms with Gasteiger partial charge < -0.3 is 4.74 Å². The lowest BCUT2D eigenvalue weighted by molar-refractivity contribution is -0.150. The molecular weight excluding hydrogens is 176 g/mol. The molecule has 0 aromatic rings. The van der Waals surface area contributed by atoms with Gasteiger partial charge >= 0.3 is 5.97 Å². The molecule has 14 heavy (non-hydrogen) atoms. The number of carbonyl (C=O) groups is 1. The Balaban J connectivity index is 2.77. The highest BCUT2D eigenvalue weighted by molar-refractivity contribution is 5.67. The van der Waals surface area contributed by atoms with Gasteiger partial charge in [0.1, 0.15) is 5.60 Å². The summed E-state index contributed by atoms with van der Waals surface area (Å²) in [5.41, 5.74) is 2.12. The molecule has 0 aliphatic heterocycles. The van der Waals surface area contributed by atoms with Crippen molar-refractivity contribution in [1.29, 1.82) is 0 Å². The summed E-state index contributed by atoms with van der Waals surface area (Å²) < 4.78 is 5.28. The largest absolute Gasteiger partial charge is 0.455 e. The van der Waals surface area contributed by atoms with Crippen molar-refractivity contribution in [3.63, 3.8) is 0 Å². The number of ether oxygens (including phenoxy) is 1. The predicted octanol–water partition coefficient (Wildman–Crippen LogP) is 2.99. The first-order chi connectivity index (χ1) is 6.42. The van der Waals surface area contributed by atoms with Gasteiger partial charge in [-0.2, -0.15) is 0 Å². The topological polar surface area (TPSA) is 26.3 Å². The highest BCUT2D eigenvalue weighted by Crippen LogP contribution is 2.29. The summed E-state index contributed by atoms with van der Waals surface area (Å²) in [7, 11) is 0. The minimum atomic E-state index is -0.455. The summed E-state index contributed by atoms with van der Waals surface area (Å²) in [6.07, 6.45) is 6.23. The number of carbonyl (C=O) groups excluding carboxylic acids is 1. The molecule has 0 N–H and O–H groups in total. The molecule has 0 fully saturated rings. The smallest absolute Gasteiger partial charge is 0.303 e. The predicted molar refractivity (Wildman–Crippen MR) is 56.9 cm³/mol. The van der Waals surface area contributed by atoms with E-state index in [1.807, 2.05) is 13.8 Å². The summed E-state index contributed by atoms with van der Waals surface area (Å²) in [5.74, 6) is -0.220. The van der Waals surface area contributed by atoms with E-state index in [-0.39, 0.29) is 5.97 Å². The number of hydrogen-bond acceptors (Lipinski definition) is 2. The molecule has 0 heterocycles. The van der Waals surface area contributed by atoms with Crippen LogP contribution in [0, 0.1) is 0 Å². The first-order valence-corrected chi connectivity index (χ1v) is 4.98. The van der Waals surface area contributed by atoms with Gasteiger partial charge in [0.25, 0.3) is 0 Å². The fourth-order valence-electron chi connectivity index (χ4n) is 1.67. The van der Waals surface area contributed by atoms with Crippen LogP contribution in [0.4, 0.5) is 0 Å². The second-order valence-corrected chi connectivity index (χ2v) is 4.31. The molecular formula is C12H18O2. The van der Waals surface area contributed by atoms with Crippen LogP contribution in [0.25, 0.3) is 0 Å². The SMILES string of the molecule is CC(=O)OC(C)(C)C1=CC=C(C)CC1. The Hall–Kier alpha value is -1.05. The second kappa shape index (κ2) is 3.99. The molecule has 0 spiro atoms. The lowest BCUT2D eigenvalue weighted by Crippen LogP contribution is -2.30. The fraction of sp³-hybridized carbons (Fsp3) is 0.583. The van der Waals surface area contributed by atoms with Crippen molar-refractivity contribution >= 4 is 5.97 Å². The van der Waals surface area contributed by atoms with Crippen molar-refractivity contribution in [2.24, 2.45) is 0 Å². The number of allylic oxidation sites excluding steroid dienone is 3. The average molecular weight is 194 g/mol. The minimum Gasteiger partial charge on any atom is -0.455 e. The molecule has 0 unspecified atom stereocenters. The third kappa shape index (κ3) is 2.72. The summed E-state index contributed by atoms with van der Waals surface area (Å²) in [6.45, 7) is 7.45. The van der Waals surface area contributed by atoms with Gasteiger partial charge in [-0.25, -0.2) is 0 Å². The van der Waals surface area contributed by atoms with Crippen LogP contribution < -0.4 is 0 Å². The van der Waals surface area contributed by atoms with Crippen LogP contribution in [0.1, 0.15) is 40.5 Å². The van der Waals surface area contributed by atoms with E-state index in [9.17, 15) is 4.79 Å². The quantitative estimate of drug-likeness (QED) is 0.632. The van der Waals surface area contributed by atoms with Gasteiger partial charge in [0.15, 0.2) is 0 Å². The van der Waals surface area contributed by atoms with E-state index in [1.165, 1.54) is 18.1 Å². The Morgan fingerprint density at radius 3 is 2.43 bits per heavy atom. The number of hydrogen-bond donors (Lipinski definition) is 0. The van der Waals surface area contributed by atoms with Crippen LogP contribution in [0.5, 0.6) is 0 Å². The highest BCUT2D eigenvalue weighted by atomic mass is 16.6. The van der Waals surface area contributed by atoms with Gasteiger partial charge in [-0.15, -0.1) is 0 Å². The molecule has 0 amide bonds. The molecule has 1 aliphatic rings. The first kappa shape index (κ1) is 11.0. The molecule has 0 aromatic heterocycles. The van der Waals surface area contributed by atoms with E-state index in [2.05, 4.69) is 19.1 Å². The number of esters is 1. The molecule has 0 radical (unpaired) electrons. The van der Waals surface area contributed by atoms with E-state index >= 15 is 0 Å². The van der Waals surface area contributed by atoms with Crippen molar-refractivity contribution in [2.45, 2.75) is 46.1 Å². The molecule has 1 rings (SSSR count). The maximum atomic E-state index is 10.9. The summed E-state index contributed by atoms with van der Waals surface area (Å²) in [4.78, 5) is 10.9. The molecule has 0 saturated carbocycles. The van der Waals surface area contributed by atoms with E-state index in [4.69, 9.17) is 4.74 Å². The van der Waals surface area contributed by atoms with Gasteiger partial charge in [-0.05, 0) is 39.2 Å². The Bertz CT molecular complexity index is 295. The Morgan fingerprint density at radius 2 is 2.00 bits per heavy atom. The summed E-state index contributed by atoms with van der Waals surface area (Å²) in [5, 5.41) is 0. The molecule has 78 valence electrons. The minimum absolute atomic E-state index is 0.220. The molecule has 2 nitrogen and oxygen atoms in total. The Labute approximate surface area is 85.6 Å². The van der Waals surface area contributed by atoms with E-state index in [0.717, 1.165) is 12.8 Å². The van der Waals surface area contributed by atoms with Crippen LogP contribution >= 0.6 is 0 Å². The zero-order valence-corrected chi connectivity index (χ0v) is 9.39. The van der Waals surface area contributed by atoms with Gasteiger partial charge in [0.2, 0.25) is 0 Å². The molecule has 0 atom stereocenters. The van der Waals surface area contributed by atoms with Crippen molar-refractivity contribution in [1.82, 2.24) is 0 Å². The fourth-order valence-corrected chi connectivity index (χ4v) is 1.67. The van der Waals surface area contributed by atoms with Crippen LogP contribution in [-0.4, -0.2) is 11.6 Å². The van der Waals surface area contributed by atoms with Gasteiger partial charge in [-0.1, -0.05) is 17.7 Å². The van der Waals surface area contributed by atoms with Crippen LogP contribution in [-0.2, 0) is 9.53 Å². The van der Waals surface area contributed by atoms with Crippen molar-refractivity contribution in [3.8, 4) is 0 Å². The maximum Gasteiger partial charge on any atom is 0.303 e. The Kier molecular flexibility index (Phi) is 3.14. The summed E-state index contributed by atoms with van der Waals surface area (Å²) >= 11 is 0. The third-order valence-electron chi connectivity index (χ3n) is 2.53. The van der Waals surface area contributed by atoms with Crippen LogP contribution in [0.15, 0.2) is 23.3 Å². The third-order valence-corrected chi connectivity index (χ3v) is 2.53. The van der Waals surface area contributed by atoms with Crippen LogP contribution in [0.2, 0.25) is 0 Å². The van der Waals surface area contributed by atoms with Gasteiger partial charge in [-0.3, -0.25) is 4.79 Å². The second-order valence-electron chi connectivity index (χ2n) is 4.31. The highest BCUT2D eigenvalue weighted by Gasteiger charge is 2.26. The van der Waals surface area contributed by atoms with E-state index in [0.29, 0.717) is 0 Å². The van der Waals surface area contributed by atoms with E-state index < -0.39 is 5.60 Å². The molecule has 0 bridgehead atoms. The van der Waals surface area contributed by atoms with Gasteiger partial charge in [0.05, 0.1) is 0 Å². The van der Waals surface area contributed by atoms with Crippen molar-refractivity contribution in [3.05, 3.63) is 23.3 Å². The lowest BCUT2D eigenvalue weighted by atomic mass is 9.88. The Morgan fingerprint density at radius 1 is 1.36 bits per heavy atom. The maximum absolute atomic E-state index is 10.9. The first-order valence-electron chi connectivity index (χ1n) is 4.98. The van der Waals surface area contributed by atoms with Gasteiger partial charge in [0, 0.05) is 6.92 Å². The molecule has 2 heteroatoms. The van der Waals surface area contributed by atoms with Crippen molar-refractivity contribution < 1.29 is 9.53 Å².